The summed E-state index contributed by atoms with van der Waals surface area (Å²) in [6, 6.07) is 8.82. The molecule has 9 nitrogen and oxygen atoms in total. The molecule has 6 rings (SSSR count). The SMILES string of the molecule is O=C(Nc1cc2c(c(N3CCC(F)CC3)c1)OCC2)c1ccc(NS(=O)(=O)CCO)cc1N1CCC2(CC1)CC2. The molecule has 0 bridgehead atoms. The van der Waals surface area contributed by atoms with Crippen molar-refractivity contribution >= 4 is 38.7 Å². The fourth-order valence-corrected chi connectivity index (χ4v) is 7.01. The van der Waals surface area contributed by atoms with Crippen molar-refractivity contribution in [2.24, 2.45) is 5.41 Å². The minimum atomic E-state index is -3.71. The first kappa shape index (κ1) is 27.1. The highest BCUT2D eigenvalue weighted by atomic mass is 32.2. The van der Waals surface area contributed by atoms with Crippen molar-refractivity contribution in [2.75, 3.05) is 65.0 Å². The molecule has 0 unspecified atom stereocenters. The quantitative estimate of drug-likeness (QED) is 0.440. The molecule has 40 heavy (non-hydrogen) atoms. The fraction of sp³-hybridized carbons (Fsp3) is 0.552. The van der Waals surface area contributed by atoms with E-state index in [9.17, 15) is 17.6 Å². The number of nitrogens with zero attached hydrogens (tertiary/aromatic N) is 2. The van der Waals surface area contributed by atoms with Crippen LogP contribution in [0.25, 0.3) is 0 Å². The van der Waals surface area contributed by atoms with Crippen molar-refractivity contribution in [2.45, 2.75) is 51.1 Å². The Morgan fingerprint density at radius 1 is 1.00 bits per heavy atom. The zero-order chi connectivity index (χ0) is 27.9. The average molecular weight is 573 g/mol. The Bertz CT molecular complexity index is 1380. The molecule has 1 saturated carbocycles. The normalized spacial score (nSPS) is 20.2. The summed E-state index contributed by atoms with van der Waals surface area (Å²) in [5.74, 6) is 0.140. The summed E-state index contributed by atoms with van der Waals surface area (Å²) >= 11 is 0. The number of carbonyl (C=O) groups is 1. The lowest BCUT2D eigenvalue weighted by Gasteiger charge is -2.35. The van der Waals surface area contributed by atoms with Gasteiger partial charge in [0.25, 0.3) is 5.91 Å². The summed E-state index contributed by atoms with van der Waals surface area (Å²) in [6.45, 7) is 2.91. The van der Waals surface area contributed by atoms with Crippen molar-refractivity contribution in [1.82, 2.24) is 0 Å². The van der Waals surface area contributed by atoms with Crippen molar-refractivity contribution < 1.29 is 27.4 Å². The largest absolute Gasteiger partial charge is 0.491 e. The Labute approximate surface area is 234 Å². The second-order valence-electron chi connectivity index (χ2n) is 11.6. The van der Waals surface area contributed by atoms with E-state index in [4.69, 9.17) is 9.84 Å². The number of rotatable bonds is 8. The van der Waals surface area contributed by atoms with Gasteiger partial charge < -0.3 is 25.0 Å². The van der Waals surface area contributed by atoms with Gasteiger partial charge >= 0.3 is 0 Å². The number of hydrogen-bond donors (Lipinski definition) is 3. The van der Waals surface area contributed by atoms with Gasteiger partial charge in [0.05, 0.1) is 41.6 Å². The van der Waals surface area contributed by atoms with E-state index in [0.717, 1.165) is 49.4 Å². The maximum absolute atomic E-state index is 13.8. The molecule has 0 atom stereocenters. The van der Waals surface area contributed by atoms with E-state index in [1.165, 1.54) is 12.8 Å². The zero-order valence-corrected chi connectivity index (χ0v) is 23.4. The monoisotopic (exact) mass is 572 g/mol. The van der Waals surface area contributed by atoms with E-state index in [1.54, 1.807) is 18.2 Å². The standard InChI is InChI=1S/C29H37FN4O5S/c30-21-3-10-33(11-4-21)26-19-23(17-20-5-15-39-27(20)26)31-28(36)24-2-1-22(32-40(37,38)16-14-35)18-25(24)34-12-8-29(6-7-29)9-13-34/h1-2,17-19,21,32,35H,3-16H2,(H,31,36). The van der Waals surface area contributed by atoms with Crippen LogP contribution in [0.5, 0.6) is 5.75 Å². The highest BCUT2D eigenvalue weighted by Gasteiger charge is 2.44. The number of alkyl halides is 1. The lowest BCUT2D eigenvalue weighted by molar-refractivity contribution is 0.102. The molecule has 11 heteroatoms. The summed E-state index contributed by atoms with van der Waals surface area (Å²) in [6.07, 6.45) is 5.52. The van der Waals surface area contributed by atoms with Gasteiger partial charge in [-0.2, -0.15) is 0 Å². The van der Waals surface area contributed by atoms with E-state index < -0.39 is 28.6 Å². The molecule has 4 aliphatic rings. The van der Waals surface area contributed by atoms with E-state index in [-0.39, 0.29) is 5.91 Å². The molecular weight excluding hydrogens is 535 g/mol. The molecule has 2 saturated heterocycles. The van der Waals surface area contributed by atoms with Crippen LogP contribution in [-0.2, 0) is 16.4 Å². The van der Waals surface area contributed by atoms with E-state index in [0.29, 0.717) is 60.6 Å². The van der Waals surface area contributed by atoms with Gasteiger partial charge in [0.1, 0.15) is 11.9 Å². The van der Waals surface area contributed by atoms with Crippen molar-refractivity contribution in [3.63, 3.8) is 0 Å². The number of anilines is 4. The van der Waals surface area contributed by atoms with Crippen LogP contribution < -0.4 is 24.6 Å². The molecule has 1 aliphatic carbocycles. The minimum Gasteiger partial charge on any atom is -0.491 e. The second-order valence-corrected chi connectivity index (χ2v) is 13.4. The molecule has 2 aromatic rings. The van der Waals surface area contributed by atoms with E-state index >= 15 is 0 Å². The number of amides is 1. The van der Waals surface area contributed by atoms with Crippen LogP contribution in [0.4, 0.5) is 27.1 Å². The summed E-state index contributed by atoms with van der Waals surface area (Å²) in [4.78, 5) is 18.1. The molecular formula is C29H37FN4O5S. The number of fused-ring (bicyclic) bond motifs is 1. The number of carbonyl (C=O) groups excluding carboxylic acids is 1. The lowest BCUT2D eigenvalue weighted by atomic mass is 9.93. The van der Waals surface area contributed by atoms with Gasteiger partial charge in [-0.05, 0) is 74.3 Å². The summed E-state index contributed by atoms with van der Waals surface area (Å²) in [7, 11) is -3.71. The summed E-state index contributed by atoms with van der Waals surface area (Å²) in [5, 5.41) is 12.2. The molecule has 2 aromatic carbocycles. The summed E-state index contributed by atoms with van der Waals surface area (Å²) in [5.41, 5.74) is 4.52. The number of aliphatic hydroxyl groups is 1. The van der Waals surface area contributed by atoms with Crippen LogP contribution in [0.15, 0.2) is 30.3 Å². The molecule has 1 spiro atoms. The highest BCUT2D eigenvalue weighted by molar-refractivity contribution is 7.92. The Kier molecular flexibility index (Phi) is 7.28. The van der Waals surface area contributed by atoms with Gasteiger partial charge in [0.2, 0.25) is 10.0 Å². The Balaban J connectivity index is 1.28. The van der Waals surface area contributed by atoms with Gasteiger partial charge in [-0.1, -0.05) is 0 Å². The molecule has 3 fully saturated rings. The van der Waals surface area contributed by atoms with Crippen LogP contribution in [0.2, 0.25) is 0 Å². The van der Waals surface area contributed by atoms with Crippen LogP contribution in [0.3, 0.4) is 0 Å². The van der Waals surface area contributed by atoms with Crippen LogP contribution in [0.1, 0.15) is 54.4 Å². The van der Waals surface area contributed by atoms with Gasteiger partial charge in [0, 0.05) is 43.9 Å². The van der Waals surface area contributed by atoms with Crippen LogP contribution in [-0.4, -0.2) is 70.7 Å². The lowest BCUT2D eigenvalue weighted by Crippen LogP contribution is -2.36. The average Bonchev–Trinajstić information content (AvgIpc) is 3.50. The smallest absolute Gasteiger partial charge is 0.257 e. The number of ether oxygens (including phenoxy) is 1. The first-order valence-electron chi connectivity index (χ1n) is 14.2. The number of piperidine rings is 2. The van der Waals surface area contributed by atoms with E-state index in [1.807, 2.05) is 12.1 Å². The number of aliphatic hydroxyl groups excluding tert-OH is 1. The van der Waals surface area contributed by atoms with Gasteiger partial charge in [-0.3, -0.25) is 9.52 Å². The van der Waals surface area contributed by atoms with Gasteiger partial charge in [-0.25, -0.2) is 12.8 Å². The third-order valence-electron chi connectivity index (χ3n) is 8.78. The maximum Gasteiger partial charge on any atom is 0.257 e. The zero-order valence-electron chi connectivity index (χ0n) is 22.6. The molecule has 216 valence electrons. The fourth-order valence-electron chi connectivity index (χ4n) is 6.18. The van der Waals surface area contributed by atoms with Gasteiger partial charge in [0.15, 0.2) is 0 Å². The van der Waals surface area contributed by atoms with Crippen molar-refractivity contribution in [1.29, 1.82) is 0 Å². The molecule has 1 amide bonds. The molecule has 3 heterocycles. The minimum absolute atomic E-state index is 0.279. The topological polar surface area (TPSA) is 111 Å². The number of benzene rings is 2. The molecule has 0 aromatic heterocycles. The Morgan fingerprint density at radius 3 is 2.40 bits per heavy atom. The third kappa shape index (κ3) is 5.72. The molecule has 0 radical (unpaired) electrons. The summed E-state index contributed by atoms with van der Waals surface area (Å²) < 4.78 is 46.9. The van der Waals surface area contributed by atoms with Crippen LogP contribution >= 0.6 is 0 Å². The first-order valence-corrected chi connectivity index (χ1v) is 15.9. The number of nitrogens with one attached hydrogen (secondary N) is 2. The Hall–Kier alpha value is -3.05. The van der Waals surface area contributed by atoms with Crippen LogP contribution in [0, 0.1) is 5.41 Å². The predicted molar refractivity (Wildman–Crippen MR) is 154 cm³/mol. The Morgan fingerprint density at radius 2 is 1.70 bits per heavy atom. The molecule has 3 N–H and O–H groups in total. The first-order chi connectivity index (χ1) is 19.2. The predicted octanol–water partition coefficient (Wildman–Crippen LogP) is 3.93. The number of hydrogen-bond acceptors (Lipinski definition) is 7. The van der Waals surface area contributed by atoms with Crippen molar-refractivity contribution in [3.8, 4) is 5.75 Å². The van der Waals surface area contributed by atoms with E-state index in [2.05, 4.69) is 19.8 Å². The highest BCUT2D eigenvalue weighted by Crippen LogP contribution is 2.54. The maximum atomic E-state index is 13.8. The van der Waals surface area contributed by atoms with Gasteiger partial charge in [-0.15, -0.1) is 0 Å². The van der Waals surface area contributed by atoms with Crippen molar-refractivity contribution in [3.05, 3.63) is 41.5 Å². The second kappa shape index (κ2) is 10.7. The number of sulfonamides is 1. The number of halogens is 1. The molecule has 3 aliphatic heterocycles. The third-order valence-corrected chi connectivity index (χ3v) is 10.1.